The molecule has 6 aromatic carbocycles. The molecule has 0 saturated heterocycles. The molecule has 78 heavy (non-hydrogen) atoms. The quantitative estimate of drug-likeness (QED) is 0.0598. The van der Waals surface area contributed by atoms with Crippen LogP contribution in [0.4, 0.5) is 23.2 Å². The summed E-state index contributed by atoms with van der Waals surface area (Å²) in [5, 5.41) is 0. The molecule has 0 atom stereocenters. The van der Waals surface area contributed by atoms with E-state index in [1.54, 1.807) is 86.8 Å². The smallest absolute Gasteiger partial charge is 0.142 e. The zero-order valence-corrected chi connectivity index (χ0v) is 43.8. The highest BCUT2D eigenvalue weighted by atomic mass is 127. The first-order chi connectivity index (χ1) is 38.0. The fraction of sp³-hybridized carbons (Fsp3) is 0.0323. The van der Waals surface area contributed by atoms with Crippen molar-refractivity contribution in [2.45, 2.75) is 6.92 Å². The number of pyridine rings is 3. The van der Waals surface area contributed by atoms with Gasteiger partial charge < -0.3 is 25.4 Å². The number of aryl methyl sites for hydroxylation is 1. The molecule has 384 valence electrons. The van der Waals surface area contributed by atoms with Crippen LogP contribution in [0.15, 0.2) is 207 Å². The van der Waals surface area contributed by atoms with Gasteiger partial charge in [-0.3, -0.25) is 15.0 Å². The standard InChI is InChI=1S/C22H18FN3O.C20H12F2IN3.C20H15FN4/c1-14-3-8-19(27-2)18(13-14)22-25-20(15-4-6-17(23)7-5-15)21(26-22)16-9-11-24-12-10-16;21-14-6-4-12(5-7-14)18-19(13-8-10-24-11-9-13)26-20(25-18)17-15(22)2-1-3-16(17)23;21-15-7-5-13(6-8-15)18-19(14-9-11-23-12-10-14)25-20(24-18)16-3-1-2-4-17(16)22/h3-13H,1-2H3,(H,25,26);1-11H,(H,25,26);1-12H,22H2,(H,24,25). The highest BCUT2D eigenvalue weighted by Crippen LogP contribution is 2.39. The summed E-state index contributed by atoms with van der Waals surface area (Å²) in [5.41, 5.74) is 19.7. The predicted molar refractivity (Wildman–Crippen MR) is 306 cm³/mol. The number of imidazole rings is 3. The molecule has 0 spiro atoms. The van der Waals surface area contributed by atoms with Crippen LogP contribution in [0.25, 0.3) is 102 Å². The summed E-state index contributed by atoms with van der Waals surface area (Å²) in [5.74, 6) is 1.31. The lowest BCUT2D eigenvalue weighted by atomic mass is 10.1. The lowest BCUT2D eigenvalue weighted by Crippen LogP contribution is -1.90. The molecule has 6 heterocycles. The van der Waals surface area contributed by atoms with Gasteiger partial charge in [0.2, 0.25) is 0 Å². The number of methoxy groups -OCH3 is 1. The number of nitrogens with one attached hydrogen (secondary N) is 3. The van der Waals surface area contributed by atoms with Crippen LogP contribution >= 0.6 is 22.6 Å². The van der Waals surface area contributed by atoms with E-state index in [1.807, 2.05) is 91.9 Å². The summed E-state index contributed by atoms with van der Waals surface area (Å²) in [6, 6.07) is 48.4. The number of nitrogens with zero attached hydrogens (tertiary/aromatic N) is 6. The van der Waals surface area contributed by atoms with Gasteiger partial charge in [0.1, 0.15) is 46.5 Å². The molecule has 0 fully saturated rings. The largest absolute Gasteiger partial charge is 0.496 e. The Labute approximate surface area is 459 Å². The van der Waals surface area contributed by atoms with Crippen molar-refractivity contribution in [1.29, 1.82) is 0 Å². The van der Waals surface area contributed by atoms with E-state index < -0.39 is 0 Å². The molecule has 0 aliphatic rings. The minimum atomic E-state index is -0.349. The predicted octanol–water partition coefficient (Wildman–Crippen LogP) is 15.5. The Morgan fingerprint density at radius 2 is 0.846 bits per heavy atom. The van der Waals surface area contributed by atoms with Crippen LogP contribution in [0.1, 0.15) is 5.56 Å². The third-order valence-corrected chi connectivity index (χ3v) is 13.3. The van der Waals surface area contributed by atoms with Gasteiger partial charge in [-0.05, 0) is 175 Å². The molecule has 0 amide bonds. The summed E-state index contributed by atoms with van der Waals surface area (Å²) in [6.45, 7) is 2.02. The van der Waals surface area contributed by atoms with E-state index in [0.29, 0.717) is 34.4 Å². The molecule has 0 bridgehead atoms. The topological polar surface area (TPSA) is 160 Å². The van der Waals surface area contributed by atoms with E-state index in [9.17, 15) is 17.6 Å². The van der Waals surface area contributed by atoms with Crippen molar-refractivity contribution < 1.29 is 22.3 Å². The number of nitrogens with two attached hydrogens (primary N) is 1. The number of hydrogen-bond acceptors (Lipinski definition) is 8. The lowest BCUT2D eigenvalue weighted by molar-refractivity contribution is 0.416. The molecule has 0 aliphatic carbocycles. The molecule has 0 radical (unpaired) electrons. The van der Waals surface area contributed by atoms with Crippen molar-refractivity contribution in [3.63, 3.8) is 0 Å². The Morgan fingerprint density at radius 3 is 1.27 bits per heavy atom. The second-order valence-electron chi connectivity index (χ2n) is 17.5. The van der Waals surface area contributed by atoms with E-state index in [0.717, 1.165) is 87.9 Å². The van der Waals surface area contributed by atoms with E-state index in [1.165, 1.54) is 42.5 Å². The normalized spacial score (nSPS) is 10.8. The SMILES string of the molecule is COc1ccc(C)cc1-c1nc(-c2ccc(F)cc2)c(-c2ccncc2)[nH]1.Fc1ccc(-c2nc(-c3c(F)cccc3I)[nH]c2-c2ccncc2)cc1.Nc1ccccc1-c1nc(-c2ccc(F)cc2)c(-c2ccncc2)[nH]1. The first-order valence-corrected chi connectivity index (χ1v) is 25.3. The Morgan fingerprint density at radius 1 is 0.436 bits per heavy atom. The van der Waals surface area contributed by atoms with Gasteiger partial charge in [-0.15, -0.1) is 0 Å². The van der Waals surface area contributed by atoms with Crippen molar-refractivity contribution in [2.75, 3.05) is 12.8 Å². The molecular formula is C62H45F4IN10O. The van der Waals surface area contributed by atoms with E-state index in [4.69, 9.17) is 20.4 Å². The molecule has 12 rings (SSSR count). The lowest BCUT2D eigenvalue weighted by Gasteiger charge is -2.07. The Kier molecular flexibility index (Phi) is 15.7. The van der Waals surface area contributed by atoms with Crippen LogP contribution in [-0.2, 0) is 0 Å². The Hall–Kier alpha value is -9.55. The number of ether oxygens (including phenoxy) is 1. The highest BCUT2D eigenvalue weighted by Gasteiger charge is 2.21. The summed E-state index contributed by atoms with van der Waals surface area (Å²) < 4.78 is 60.7. The van der Waals surface area contributed by atoms with Gasteiger partial charge in [0.25, 0.3) is 0 Å². The van der Waals surface area contributed by atoms with Crippen molar-refractivity contribution in [2.24, 2.45) is 0 Å². The van der Waals surface area contributed by atoms with E-state index in [2.05, 4.69) is 57.5 Å². The highest BCUT2D eigenvalue weighted by molar-refractivity contribution is 14.1. The fourth-order valence-electron chi connectivity index (χ4n) is 8.57. The number of H-pyrrole nitrogens is 3. The number of benzene rings is 6. The van der Waals surface area contributed by atoms with Crippen molar-refractivity contribution in [3.05, 3.63) is 239 Å². The number of hydrogen-bond donors (Lipinski definition) is 4. The summed E-state index contributed by atoms with van der Waals surface area (Å²) >= 11 is 2.08. The second-order valence-corrected chi connectivity index (χ2v) is 18.7. The third kappa shape index (κ3) is 11.6. The van der Waals surface area contributed by atoms with Gasteiger partial charge in [0.05, 0.1) is 52.4 Å². The Balaban J connectivity index is 0.000000132. The number of aromatic amines is 3. The maximum absolute atomic E-state index is 14.4. The van der Waals surface area contributed by atoms with Gasteiger partial charge in [0.15, 0.2) is 0 Å². The number of aromatic nitrogens is 9. The molecule has 6 aromatic heterocycles. The summed E-state index contributed by atoms with van der Waals surface area (Å²) in [7, 11) is 1.64. The molecule has 16 heteroatoms. The van der Waals surface area contributed by atoms with Gasteiger partial charge >= 0.3 is 0 Å². The van der Waals surface area contributed by atoms with Gasteiger partial charge in [-0.25, -0.2) is 32.5 Å². The van der Waals surface area contributed by atoms with Gasteiger partial charge in [-0.2, -0.15) is 0 Å². The molecule has 0 aliphatic heterocycles. The maximum atomic E-state index is 14.4. The van der Waals surface area contributed by atoms with Crippen LogP contribution in [0.5, 0.6) is 5.75 Å². The first-order valence-electron chi connectivity index (χ1n) is 24.2. The second kappa shape index (κ2) is 23.6. The zero-order valence-electron chi connectivity index (χ0n) is 41.7. The Bertz CT molecular complexity index is 3950. The minimum absolute atomic E-state index is 0.277. The average Bonchev–Trinajstić information content (AvgIpc) is 4.26. The van der Waals surface area contributed by atoms with E-state index >= 15 is 0 Å². The average molecular weight is 1150 g/mol. The third-order valence-electron chi connectivity index (χ3n) is 12.4. The molecule has 0 unspecified atom stereocenters. The number of anilines is 1. The maximum Gasteiger partial charge on any atom is 0.142 e. The first kappa shape index (κ1) is 51.9. The molecular weight excluding hydrogens is 1100 g/mol. The van der Waals surface area contributed by atoms with Gasteiger partial charge in [0, 0.05) is 85.4 Å². The summed E-state index contributed by atoms with van der Waals surface area (Å²) in [4.78, 5) is 36.4. The number of para-hydroxylation sites is 1. The van der Waals surface area contributed by atoms with Crippen LogP contribution in [0.3, 0.4) is 0 Å². The number of rotatable bonds is 10. The van der Waals surface area contributed by atoms with Crippen molar-refractivity contribution in [1.82, 2.24) is 44.9 Å². The fourth-order valence-corrected chi connectivity index (χ4v) is 9.29. The minimum Gasteiger partial charge on any atom is -0.496 e. The van der Waals surface area contributed by atoms with Crippen LogP contribution in [-0.4, -0.2) is 52.0 Å². The zero-order chi connectivity index (χ0) is 54.1. The molecule has 0 saturated carbocycles. The van der Waals surface area contributed by atoms with Crippen LogP contribution in [0, 0.1) is 33.8 Å². The van der Waals surface area contributed by atoms with Crippen molar-refractivity contribution in [3.8, 4) is 107 Å². The molecule has 11 nitrogen and oxygen atoms in total. The number of halogens is 5. The molecule has 12 aromatic rings. The van der Waals surface area contributed by atoms with Crippen LogP contribution in [0.2, 0.25) is 0 Å². The van der Waals surface area contributed by atoms with Crippen molar-refractivity contribution >= 4 is 28.3 Å². The van der Waals surface area contributed by atoms with Crippen LogP contribution < -0.4 is 10.5 Å². The molecule has 5 N–H and O–H groups in total. The number of nitrogen functional groups attached to an aromatic ring is 1. The summed E-state index contributed by atoms with van der Waals surface area (Å²) in [6.07, 6.45) is 10.3. The monoisotopic (exact) mass is 1150 g/mol. The van der Waals surface area contributed by atoms with E-state index in [-0.39, 0.29) is 23.3 Å². The van der Waals surface area contributed by atoms with Gasteiger partial charge in [-0.1, -0.05) is 29.8 Å².